The molecule has 1 radical (unpaired) electrons. The number of hydrogen-bond acceptors (Lipinski definition) is 1. The smallest absolute Gasteiger partial charge is 0.0245 e. The van der Waals surface area contributed by atoms with Gasteiger partial charge >= 0.3 is 0 Å². The molecular weight excluding hydrogens is 398 g/mol. The lowest BCUT2D eigenvalue weighted by Crippen LogP contribution is -2.06. The SMILES string of the molecule is CCCCCCCCCCCCCCCCCCCCCCCCCCCCC[CH]N(C)C. The summed E-state index contributed by atoms with van der Waals surface area (Å²) in [5.41, 5.74) is 0. The van der Waals surface area contributed by atoms with E-state index in [-0.39, 0.29) is 0 Å². The lowest BCUT2D eigenvalue weighted by molar-refractivity contribution is 0.460. The molecule has 33 heavy (non-hydrogen) atoms. The van der Waals surface area contributed by atoms with E-state index in [9.17, 15) is 0 Å². The molecule has 0 spiro atoms. The molecule has 0 N–H and O–H groups in total. The van der Waals surface area contributed by atoms with Gasteiger partial charge < -0.3 is 4.90 Å². The van der Waals surface area contributed by atoms with Gasteiger partial charge in [0.1, 0.15) is 0 Å². The van der Waals surface area contributed by atoms with E-state index in [1.807, 2.05) is 0 Å². The largest absolute Gasteiger partial charge is 0.305 e. The van der Waals surface area contributed by atoms with Crippen molar-refractivity contribution in [2.24, 2.45) is 0 Å². The fourth-order valence-corrected chi connectivity index (χ4v) is 4.99. The van der Waals surface area contributed by atoms with Crippen LogP contribution in [-0.2, 0) is 0 Å². The standard InChI is InChI=1S/C32H66N/c1-4-5-6-7-8-9-10-11-12-13-14-15-16-17-18-19-20-21-22-23-24-25-26-27-28-29-30-31-32-33(2)3/h32H,4-31H2,1-3H3. The number of unbranched alkanes of at least 4 members (excludes halogenated alkanes) is 27. The van der Waals surface area contributed by atoms with E-state index in [0.717, 1.165) is 0 Å². The van der Waals surface area contributed by atoms with Crippen molar-refractivity contribution in [3.8, 4) is 0 Å². The summed E-state index contributed by atoms with van der Waals surface area (Å²) < 4.78 is 0. The molecule has 0 aromatic carbocycles. The van der Waals surface area contributed by atoms with Crippen LogP contribution in [0.25, 0.3) is 0 Å². The normalized spacial score (nSPS) is 11.6. The van der Waals surface area contributed by atoms with Gasteiger partial charge in [-0.1, -0.05) is 180 Å². The summed E-state index contributed by atoms with van der Waals surface area (Å²) in [6.45, 7) is 4.61. The van der Waals surface area contributed by atoms with Crippen LogP contribution in [0.5, 0.6) is 0 Å². The Kier molecular flexibility index (Phi) is 30.0. The number of nitrogens with zero attached hydrogens (tertiary/aromatic N) is 1. The van der Waals surface area contributed by atoms with Crippen molar-refractivity contribution >= 4 is 0 Å². The van der Waals surface area contributed by atoms with Gasteiger partial charge in [0, 0.05) is 6.54 Å². The Labute approximate surface area is 212 Å². The van der Waals surface area contributed by atoms with Gasteiger partial charge in [0.2, 0.25) is 0 Å². The molecule has 0 rings (SSSR count). The Morgan fingerprint density at radius 2 is 0.545 bits per heavy atom. The maximum atomic E-state index is 2.31. The molecule has 0 unspecified atom stereocenters. The highest BCUT2D eigenvalue weighted by Gasteiger charge is 1.97. The van der Waals surface area contributed by atoms with E-state index in [4.69, 9.17) is 0 Å². The molecule has 1 heteroatoms. The molecule has 0 aliphatic heterocycles. The number of rotatable bonds is 29. The van der Waals surface area contributed by atoms with Crippen LogP contribution in [-0.4, -0.2) is 19.0 Å². The Morgan fingerprint density at radius 3 is 0.758 bits per heavy atom. The second-order valence-electron chi connectivity index (χ2n) is 11.1. The summed E-state index contributed by atoms with van der Waals surface area (Å²) in [6.07, 6.45) is 41.0. The topological polar surface area (TPSA) is 3.24 Å². The van der Waals surface area contributed by atoms with Gasteiger partial charge in [0.05, 0.1) is 0 Å². The summed E-state index contributed by atoms with van der Waals surface area (Å²) in [6, 6.07) is 0. The molecule has 0 amide bonds. The van der Waals surface area contributed by atoms with E-state index in [0.29, 0.717) is 0 Å². The van der Waals surface area contributed by atoms with Gasteiger partial charge in [0.25, 0.3) is 0 Å². The summed E-state index contributed by atoms with van der Waals surface area (Å²) in [7, 11) is 4.25. The third-order valence-electron chi connectivity index (χ3n) is 7.30. The zero-order chi connectivity index (χ0) is 24.1. The van der Waals surface area contributed by atoms with Crippen molar-refractivity contribution in [1.82, 2.24) is 4.90 Å². The second kappa shape index (κ2) is 30.0. The summed E-state index contributed by atoms with van der Waals surface area (Å²) >= 11 is 0. The van der Waals surface area contributed by atoms with Crippen molar-refractivity contribution < 1.29 is 0 Å². The van der Waals surface area contributed by atoms with E-state index in [2.05, 4.69) is 32.5 Å². The summed E-state index contributed by atoms with van der Waals surface area (Å²) in [4.78, 5) is 2.18. The maximum Gasteiger partial charge on any atom is 0.0245 e. The highest BCUT2D eigenvalue weighted by molar-refractivity contribution is 4.60. The number of hydrogen-bond donors (Lipinski definition) is 0. The molecule has 0 saturated carbocycles. The molecule has 0 aliphatic rings. The van der Waals surface area contributed by atoms with Gasteiger partial charge in [-0.15, -0.1) is 0 Å². The third-order valence-corrected chi connectivity index (χ3v) is 7.30. The Morgan fingerprint density at radius 1 is 0.333 bits per heavy atom. The van der Waals surface area contributed by atoms with Gasteiger partial charge in [-0.2, -0.15) is 0 Å². The first kappa shape index (κ1) is 33.0. The van der Waals surface area contributed by atoms with Gasteiger partial charge in [-0.05, 0) is 20.5 Å². The van der Waals surface area contributed by atoms with Crippen LogP contribution < -0.4 is 0 Å². The summed E-state index contributed by atoms with van der Waals surface area (Å²) in [5.74, 6) is 0. The minimum atomic E-state index is 1.26. The maximum absolute atomic E-state index is 2.31. The summed E-state index contributed by atoms with van der Waals surface area (Å²) in [5, 5.41) is 0. The minimum absolute atomic E-state index is 1.26. The minimum Gasteiger partial charge on any atom is -0.305 e. The van der Waals surface area contributed by atoms with Crippen molar-refractivity contribution in [2.45, 2.75) is 187 Å². The van der Waals surface area contributed by atoms with Crippen LogP contribution in [0.1, 0.15) is 187 Å². The van der Waals surface area contributed by atoms with Gasteiger partial charge in [0.15, 0.2) is 0 Å². The van der Waals surface area contributed by atoms with Crippen molar-refractivity contribution in [2.75, 3.05) is 14.1 Å². The Hall–Kier alpha value is -0.0400. The van der Waals surface area contributed by atoms with Crippen LogP contribution in [0, 0.1) is 6.54 Å². The predicted molar refractivity (Wildman–Crippen MR) is 153 cm³/mol. The van der Waals surface area contributed by atoms with Gasteiger partial charge in [-0.25, -0.2) is 0 Å². The quantitative estimate of drug-likeness (QED) is 0.0994. The van der Waals surface area contributed by atoms with Crippen molar-refractivity contribution in [3.05, 3.63) is 6.54 Å². The third kappa shape index (κ3) is 32.0. The molecule has 1 nitrogen and oxygen atoms in total. The average Bonchev–Trinajstić information content (AvgIpc) is 2.80. The lowest BCUT2D eigenvalue weighted by atomic mass is 10.0. The Balaban J connectivity index is 3.00. The Bertz CT molecular complexity index is 324. The molecule has 0 fully saturated rings. The molecule has 0 heterocycles. The molecular formula is C32H66N. The van der Waals surface area contributed by atoms with E-state index in [1.54, 1.807) is 0 Å². The predicted octanol–water partition coefficient (Wildman–Crippen LogP) is 11.7. The van der Waals surface area contributed by atoms with E-state index in [1.165, 1.54) is 180 Å². The first-order valence-corrected chi connectivity index (χ1v) is 15.8. The van der Waals surface area contributed by atoms with Crippen LogP contribution in [0.3, 0.4) is 0 Å². The highest BCUT2D eigenvalue weighted by Crippen LogP contribution is 2.16. The molecule has 0 saturated heterocycles. The van der Waals surface area contributed by atoms with Gasteiger partial charge in [-0.3, -0.25) is 0 Å². The lowest BCUT2D eigenvalue weighted by Gasteiger charge is -2.07. The van der Waals surface area contributed by atoms with Crippen LogP contribution >= 0.6 is 0 Å². The van der Waals surface area contributed by atoms with Crippen LogP contribution in [0.2, 0.25) is 0 Å². The molecule has 0 atom stereocenters. The van der Waals surface area contributed by atoms with E-state index >= 15 is 0 Å². The van der Waals surface area contributed by atoms with Crippen molar-refractivity contribution in [1.29, 1.82) is 0 Å². The fourth-order valence-electron chi connectivity index (χ4n) is 4.99. The highest BCUT2D eigenvalue weighted by atomic mass is 15.0. The van der Waals surface area contributed by atoms with Crippen molar-refractivity contribution in [3.63, 3.8) is 0 Å². The monoisotopic (exact) mass is 465 g/mol. The molecule has 0 aliphatic carbocycles. The fraction of sp³-hybridized carbons (Fsp3) is 0.969. The average molecular weight is 465 g/mol. The van der Waals surface area contributed by atoms with Crippen LogP contribution in [0.15, 0.2) is 0 Å². The molecule has 0 aromatic heterocycles. The molecule has 0 bridgehead atoms. The molecule has 0 aromatic rings. The first-order valence-electron chi connectivity index (χ1n) is 15.8. The van der Waals surface area contributed by atoms with Crippen LogP contribution in [0.4, 0.5) is 0 Å². The second-order valence-corrected chi connectivity index (χ2v) is 11.1. The zero-order valence-corrected chi connectivity index (χ0v) is 23.8. The zero-order valence-electron chi connectivity index (χ0n) is 23.8. The van der Waals surface area contributed by atoms with E-state index < -0.39 is 0 Å². The first-order chi connectivity index (χ1) is 16.3. The molecule has 199 valence electrons.